The lowest BCUT2D eigenvalue weighted by Gasteiger charge is -2.33. The Morgan fingerprint density at radius 1 is 1.73 bits per heavy atom. The number of nitrogens with zero attached hydrogens (tertiary/aromatic N) is 2. The molecule has 0 aromatic carbocycles. The average Bonchev–Trinajstić information content (AvgIpc) is 2.64. The van der Waals surface area contributed by atoms with Crippen LogP contribution < -0.4 is 5.32 Å². The number of aryl methyl sites for hydroxylation is 1. The van der Waals surface area contributed by atoms with Crippen LogP contribution in [0.1, 0.15) is 23.0 Å². The Morgan fingerprint density at radius 3 is 3.13 bits per heavy atom. The quantitative estimate of drug-likeness (QED) is 0.728. The number of nitrogens with one attached hydrogen (secondary N) is 1. The fourth-order valence-corrected chi connectivity index (χ4v) is 1.77. The molecule has 82 valence electrons. The Labute approximate surface area is 88.4 Å². The minimum absolute atomic E-state index is 0.0565. The van der Waals surface area contributed by atoms with Crippen LogP contribution in [0.4, 0.5) is 0 Å². The first-order valence-corrected chi connectivity index (χ1v) is 5.13. The molecule has 0 aliphatic carbocycles. The highest BCUT2D eigenvalue weighted by Gasteiger charge is 2.27. The van der Waals surface area contributed by atoms with Crippen molar-refractivity contribution in [3.05, 3.63) is 17.5 Å². The van der Waals surface area contributed by atoms with E-state index in [1.165, 1.54) is 0 Å². The molecule has 1 atom stereocenters. The molecule has 1 aromatic rings. The SMILES string of the molecule is Cc1cnoc1C(=O)N1CCNC[C@H]1C. The second-order valence-corrected chi connectivity index (χ2v) is 3.89. The van der Waals surface area contributed by atoms with Gasteiger partial charge < -0.3 is 14.7 Å². The summed E-state index contributed by atoms with van der Waals surface area (Å²) >= 11 is 0. The number of amides is 1. The second-order valence-electron chi connectivity index (χ2n) is 3.89. The van der Waals surface area contributed by atoms with Crippen LogP contribution in [0.3, 0.4) is 0 Å². The van der Waals surface area contributed by atoms with E-state index in [0.29, 0.717) is 5.76 Å². The molecule has 1 amide bonds. The van der Waals surface area contributed by atoms with E-state index < -0.39 is 0 Å². The van der Waals surface area contributed by atoms with Gasteiger partial charge in [-0.15, -0.1) is 0 Å². The molecule has 5 heteroatoms. The van der Waals surface area contributed by atoms with Gasteiger partial charge in [0.1, 0.15) is 0 Å². The molecule has 0 spiro atoms. The molecular weight excluding hydrogens is 194 g/mol. The summed E-state index contributed by atoms with van der Waals surface area (Å²) in [5, 5.41) is 6.86. The summed E-state index contributed by atoms with van der Waals surface area (Å²) in [7, 11) is 0. The molecule has 1 N–H and O–H groups in total. The molecule has 15 heavy (non-hydrogen) atoms. The van der Waals surface area contributed by atoms with Crippen molar-refractivity contribution in [2.24, 2.45) is 0 Å². The van der Waals surface area contributed by atoms with E-state index >= 15 is 0 Å². The maximum Gasteiger partial charge on any atom is 0.293 e. The van der Waals surface area contributed by atoms with Crippen LogP contribution in [0.5, 0.6) is 0 Å². The average molecular weight is 209 g/mol. The number of hydrogen-bond donors (Lipinski definition) is 1. The van der Waals surface area contributed by atoms with E-state index in [9.17, 15) is 4.79 Å². The molecule has 1 aromatic heterocycles. The van der Waals surface area contributed by atoms with Crippen LogP contribution >= 0.6 is 0 Å². The maximum absolute atomic E-state index is 12.1. The van der Waals surface area contributed by atoms with Gasteiger partial charge in [-0.1, -0.05) is 5.16 Å². The summed E-state index contributed by atoms with van der Waals surface area (Å²) in [6.07, 6.45) is 1.57. The Morgan fingerprint density at radius 2 is 2.53 bits per heavy atom. The molecule has 1 saturated heterocycles. The first-order chi connectivity index (χ1) is 7.20. The van der Waals surface area contributed by atoms with E-state index in [1.54, 1.807) is 6.20 Å². The van der Waals surface area contributed by atoms with Gasteiger partial charge in [-0.05, 0) is 13.8 Å². The van der Waals surface area contributed by atoms with Crippen molar-refractivity contribution < 1.29 is 9.32 Å². The molecule has 0 saturated carbocycles. The molecule has 2 heterocycles. The Hall–Kier alpha value is -1.36. The largest absolute Gasteiger partial charge is 0.351 e. The van der Waals surface area contributed by atoms with E-state index in [-0.39, 0.29) is 11.9 Å². The molecule has 1 aliphatic rings. The van der Waals surface area contributed by atoms with Crippen LogP contribution in [-0.4, -0.2) is 41.6 Å². The highest BCUT2D eigenvalue weighted by atomic mass is 16.5. The third kappa shape index (κ3) is 1.87. The van der Waals surface area contributed by atoms with E-state index in [1.807, 2.05) is 18.7 Å². The van der Waals surface area contributed by atoms with Gasteiger partial charge in [-0.3, -0.25) is 4.79 Å². The van der Waals surface area contributed by atoms with Crippen molar-refractivity contribution in [1.82, 2.24) is 15.4 Å². The molecule has 0 radical (unpaired) electrons. The number of carbonyl (C=O) groups excluding carboxylic acids is 1. The molecule has 5 nitrogen and oxygen atoms in total. The summed E-state index contributed by atoms with van der Waals surface area (Å²) in [6, 6.07) is 0.204. The monoisotopic (exact) mass is 209 g/mol. The summed E-state index contributed by atoms with van der Waals surface area (Å²) < 4.78 is 4.97. The van der Waals surface area contributed by atoms with Gasteiger partial charge >= 0.3 is 0 Å². The van der Waals surface area contributed by atoms with Gasteiger partial charge in [0, 0.05) is 31.2 Å². The zero-order valence-electron chi connectivity index (χ0n) is 8.99. The lowest BCUT2D eigenvalue weighted by atomic mass is 10.2. The van der Waals surface area contributed by atoms with E-state index in [2.05, 4.69) is 10.5 Å². The lowest BCUT2D eigenvalue weighted by molar-refractivity contribution is 0.0612. The molecular formula is C10H15N3O2. The number of hydrogen-bond acceptors (Lipinski definition) is 4. The topological polar surface area (TPSA) is 58.4 Å². The third-order valence-corrected chi connectivity index (χ3v) is 2.70. The predicted molar refractivity (Wildman–Crippen MR) is 54.6 cm³/mol. The van der Waals surface area contributed by atoms with Crippen LogP contribution in [0.25, 0.3) is 0 Å². The zero-order chi connectivity index (χ0) is 10.8. The van der Waals surface area contributed by atoms with Gasteiger partial charge in [0.05, 0.1) is 6.20 Å². The predicted octanol–water partition coefficient (Wildman–Crippen LogP) is 0.417. The number of piperazine rings is 1. The minimum atomic E-state index is -0.0565. The molecule has 0 bridgehead atoms. The first kappa shape index (κ1) is 10.2. The molecule has 2 rings (SSSR count). The first-order valence-electron chi connectivity index (χ1n) is 5.13. The highest BCUT2D eigenvalue weighted by Crippen LogP contribution is 2.13. The maximum atomic E-state index is 12.1. The van der Waals surface area contributed by atoms with Gasteiger partial charge in [0.15, 0.2) is 0 Å². The summed E-state index contributed by atoms with van der Waals surface area (Å²) in [5.41, 5.74) is 0.797. The third-order valence-electron chi connectivity index (χ3n) is 2.70. The van der Waals surface area contributed by atoms with Gasteiger partial charge in [-0.2, -0.15) is 0 Å². The van der Waals surface area contributed by atoms with Crippen molar-refractivity contribution >= 4 is 5.91 Å². The smallest absolute Gasteiger partial charge is 0.293 e. The highest BCUT2D eigenvalue weighted by molar-refractivity contribution is 5.92. The standard InChI is InChI=1S/C10H15N3O2/c1-7-5-12-15-9(7)10(14)13-4-3-11-6-8(13)2/h5,8,11H,3-4,6H2,1-2H3/t8-/m1/s1. The van der Waals surface area contributed by atoms with Crippen LogP contribution in [-0.2, 0) is 0 Å². The lowest BCUT2D eigenvalue weighted by Crippen LogP contribution is -2.52. The second kappa shape index (κ2) is 4.02. The van der Waals surface area contributed by atoms with Crippen molar-refractivity contribution in [3.8, 4) is 0 Å². The Balaban J connectivity index is 2.17. The van der Waals surface area contributed by atoms with Crippen molar-refractivity contribution in [2.75, 3.05) is 19.6 Å². The fraction of sp³-hybridized carbons (Fsp3) is 0.600. The Kier molecular flexibility index (Phi) is 2.73. The fourth-order valence-electron chi connectivity index (χ4n) is 1.77. The van der Waals surface area contributed by atoms with Gasteiger partial charge in [0.25, 0.3) is 5.91 Å². The van der Waals surface area contributed by atoms with Gasteiger partial charge in [-0.25, -0.2) is 0 Å². The minimum Gasteiger partial charge on any atom is -0.351 e. The van der Waals surface area contributed by atoms with Crippen LogP contribution in [0.15, 0.2) is 10.7 Å². The molecule has 0 unspecified atom stereocenters. The number of rotatable bonds is 1. The summed E-state index contributed by atoms with van der Waals surface area (Å²) in [5.74, 6) is 0.308. The normalized spacial score (nSPS) is 21.7. The summed E-state index contributed by atoms with van der Waals surface area (Å²) in [4.78, 5) is 13.9. The summed E-state index contributed by atoms with van der Waals surface area (Å²) in [6.45, 7) is 6.24. The van der Waals surface area contributed by atoms with Crippen LogP contribution in [0.2, 0.25) is 0 Å². The van der Waals surface area contributed by atoms with Crippen molar-refractivity contribution in [2.45, 2.75) is 19.9 Å². The molecule has 1 aliphatic heterocycles. The number of aromatic nitrogens is 1. The Bertz CT molecular complexity index is 361. The van der Waals surface area contributed by atoms with Crippen molar-refractivity contribution in [3.63, 3.8) is 0 Å². The molecule has 1 fully saturated rings. The van der Waals surface area contributed by atoms with Crippen LogP contribution in [0, 0.1) is 6.92 Å². The number of carbonyl (C=O) groups is 1. The zero-order valence-corrected chi connectivity index (χ0v) is 8.99. The van der Waals surface area contributed by atoms with Crippen molar-refractivity contribution in [1.29, 1.82) is 0 Å². The van der Waals surface area contributed by atoms with E-state index in [0.717, 1.165) is 25.2 Å². The van der Waals surface area contributed by atoms with Gasteiger partial charge in [0.2, 0.25) is 5.76 Å². The van der Waals surface area contributed by atoms with E-state index in [4.69, 9.17) is 4.52 Å².